The van der Waals surface area contributed by atoms with Gasteiger partial charge in [-0.3, -0.25) is 9.69 Å². The van der Waals surface area contributed by atoms with E-state index in [-0.39, 0.29) is 6.04 Å². The molecule has 2 fully saturated rings. The van der Waals surface area contributed by atoms with Crippen LogP contribution in [0.25, 0.3) is 0 Å². The molecule has 2 aliphatic heterocycles. The van der Waals surface area contributed by atoms with Gasteiger partial charge in [0.25, 0.3) is 0 Å². The number of carbonyl (C=O) groups excluding carboxylic acids is 1. The van der Waals surface area contributed by atoms with Crippen molar-refractivity contribution in [1.82, 2.24) is 4.90 Å². The van der Waals surface area contributed by atoms with Crippen molar-refractivity contribution in [3.63, 3.8) is 0 Å². The van der Waals surface area contributed by atoms with Crippen molar-refractivity contribution in [2.24, 2.45) is 0 Å². The van der Waals surface area contributed by atoms with Crippen molar-refractivity contribution in [2.75, 3.05) is 6.54 Å². The molecule has 0 bridgehead atoms. The van der Waals surface area contributed by atoms with Gasteiger partial charge in [-0.15, -0.1) is 0 Å². The van der Waals surface area contributed by atoms with E-state index in [0.29, 0.717) is 0 Å². The molecule has 2 heterocycles. The maximum atomic E-state index is 10.1. The normalized spacial score (nSPS) is 50.8. The van der Waals surface area contributed by atoms with Crippen LogP contribution >= 0.6 is 0 Å². The lowest BCUT2D eigenvalue weighted by molar-refractivity contribution is 0.469. The molecule has 0 amide bonds. The molecule has 0 aromatic heterocycles. The van der Waals surface area contributed by atoms with Gasteiger partial charge in [0.15, 0.2) is 0 Å². The van der Waals surface area contributed by atoms with Crippen LogP contribution in [0.5, 0.6) is 0 Å². The van der Waals surface area contributed by atoms with E-state index in [1.54, 1.807) is 0 Å². The molecule has 43 valence electrons. The summed E-state index contributed by atoms with van der Waals surface area (Å²) in [6.07, 6.45) is 4.30. The minimum Gasteiger partial charge on any atom is -0.289 e. The van der Waals surface area contributed by atoms with Gasteiger partial charge >= 0.3 is 0 Å². The Morgan fingerprint density at radius 1 is 1.50 bits per heavy atom. The van der Waals surface area contributed by atoms with E-state index in [2.05, 4.69) is 4.90 Å². The molecule has 8 heavy (non-hydrogen) atoms. The topological polar surface area (TPSA) is 20.1 Å². The van der Waals surface area contributed by atoms with Crippen molar-refractivity contribution < 1.29 is 4.79 Å². The Morgan fingerprint density at radius 3 is 2.62 bits per heavy atom. The van der Waals surface area contributed by atoms with Gasteiger partial charge in [-0.2, -0.15) is 0 Å². The highest BCUT2D eigenvalue weighted by molar-refractivity contribution is 5.60. The summed E-state index contributed by atoms with van der Waals surface area (Å²) in [5.41, 5.74) is 0. The van der Waals surface area contributed by atoms with Crippen LogP contribution in [0.2, 0.25) is 0 Å². The maximum Gasteiger partial charge on any atom is 0.217 e. The van der Waals surface area contributed by atoms with Crippen molar-refractivity contribution >= 4 is 6.29 Å². The lowest BCUT2D eigenvalue weighted by Crippen LogP contribution is -2.15. The average molecular weight is 110 g/mol. The molecule has 2 saturated heterocycles. The summed E-state index contributed by atoms with van der Waals surface area (Å²) in [4.78, 5) is 12.3. The first-order chi connectivity index (χ1) is 3.92. The van der Waals surface area contributed by atoms with Gasteiger partial charge in [0.05, 0.1) is 6.04 Å². The van der Waals surface area contributed by atoms with Crippen LogP contribution in [0.15, 0.2) is 0 Å². The highest BCUT2D eigenvalue weighted by Gasteiger charge is 2.45. The molecule has 2 nitrogen and oxygen atoms in total. The van der Waals surface area contributed by atoms with Crippen LogP contribution in [0, 0.1) is 0 Å². The van der Waals surface area contributed by atoms with E-state index in [0.717, 1.165) is 19.0 Å². The smallest absolute Gasteiger partial charge is 0.217 e. The molecule has 0 saturated carbocycles. The van der Waals surface area contributed by atoms with Gasteiger partial charge in [0, 0.05) is 12.6 Å². The van der Waals surface area contributed by atoms with E-state index in [4.69, 9.17) is 0 Å². The van der Waals surface area contributed by atoms with Gasteiger partial charge in [-0.1, -0.05) is 0 Å². The third kappa shape index (κ3) is 0.436. The second-order valence-electron chi connectivity index (χ2n) is 2.56. The minimum atomic E-state index is 0.167. The molecule has 0 aromatic carbocycles. The summed E-state index contributed by atoms with van der Waals surface area (Å²) in [7, 11) is 0. The van der Waals surface area contributed by atoms with Crippen molar-refractivity contribution in [1.29, 1.82) is 0 Å². The van der Waals surface area contributed by atoms with Crippen LogP contribution in [0.4, 0.5) is 0 Å². The molecule has 2 heteroatoms. The zero-order valence-electron chi connectivity index (χ0n) is 4.63. The summed E-state index contributed by atoms with van der Waals surface area (Å²) in [5.74, 6) is 0. The Bertz CT molecular complexity index is 124. The Balaban J connectivity index is 2.06. The standard InChI is InChI=1S/C6H8NO/c8-4-6-2-1-5-3-7(5)6/h5-6H,1-3H2. The predicted molar refractivity (Wildman–Crippen MR) is 29.2 cm³/mol. The average Bonchev–Trinajstić information content (AvgIpc) is 2.46. The van der Waals surface area contributed by atoms with Crippen molar-refractivity contribution in [3.8, 4) is 0 Å². The van der Waals surface area contributed by atoms with Gasteiger partial charge < -0.3 is 0 Å². The SMILES string of the molecule is O=[C]C1CCC2CN12. The summed E-state index contributed by atoms with van der Waals surface area (Å²) < 4.78 is 0. The molecule has 0 aromatic rings. The number of nitrogens with zero attached hydrogens (tertiary/aromatic N) is 1. The zero-order valence-corrected chi connectivity index (χ0v) is 4.63. The Hall–Kier alpha value is -0.370. The third-order valence-corrected chi connectivity index (χ3v) is 2.07. The Labute approximate surface area is 48.5 Å². The molecule has 1 radical (unpaired) electrons. The largest absolute Gasteiger partial charge is 0.289 e. The molecular weight excluding hydrogens is 102 g/mol. The number of fused-ring (bicyclic) bond motifs is 1. The summed E-state index contributed by atoms with van der Waals surface area (Å²) >= 11 is 0. The number of hydrogen-bond acceptors (Lipinski definition) is 2. The lowest BCUT2D eigenvalue weighted by Gasteiger charge is -1.98. The summed E-state index contributed by atoms with van der Waals surface area (Å²) in [6, 6.07) is 0.932. The van der Waals surface area contributed by atoms with Gasteiger partial charge in [0.2, 0.25) is 6.29 Å². The molecule has 0 spiro atoms. The van der Waals surface area contributed by atoms with Crippen LogP contribution in [0.3, 0.4) is 0 Å². The van der Waals surface area contributed by atoms with Crippen LogP contribution in [-0.2, 0) is 4.79 Å². The molecule has 0 aliphatic carbocycles. The van der Waals surface area contributed by atoms with Gasteiger partial charge in [-0.05, 0) is 12.8 Å². The molecule has 3 atom stereocenters. The van der Waals surface area contributed by atoms with Crippen LogP contribution in [-0.4, -0.2) is 29.8 Å². The highest BCUT2D eigenvalue weighted by atomic mass is 16.1. The van der Waals surface area contributed by atoms with Gasteiger partial charge in [-0.25, -0.2) is 0 Å². The van der Waals surface area contributed by atoms with Crippen molar-refractivity contribution in [3.05, 3.63) is 0 Å². The van der Waals surface area contributed by atoms with Gasteiger partial charge in [0.1, 0.15) is 0 Å². The minimum absolute atomic E-state index is 0.167. The van der Waals surface area contributed by atoms with E-state index >= 15 is 0 Å². The van der Waals surface area contributed by atoms with E-state index in [1.807, 2.05) is 6.29 Å². The van der Waals surface area contributed by atoms with Crippen LogP contribution < -0.4 is 0 Å². The highest BCUT2D eigenvalue weighted by Crippen LogP contribution is 2.34. The summed E-state index contributed by atoms with van der Waals surface area (Å²) in [6.45, 7) is 1.15. The van der Waals surface area contributed by atoms with E-state index < -0.39 is 0 Å². The maximum absolute atomic E-state index is 10.1. The Kier molecular flexibility index (Phi) is 0.742. The van der Waals surface area contributed by atoms with E-state index in [9.17, 15) is 4.79 Å². The number of piperidine rings is 1. The molecular formula is C6H8NO. The Morgan fingerprint density at radius 2 is 2.38 bits per heavy atom. The zero-order chi connectivity index (χ0) is 5.56. The fourth-order valence-electron chi connectivity index (χ4n) is 1.48. The fraction of sp³-hybridized carbons (Fsp3) is 0.833. The second kappa shape index (κ2) is 1.32. The third-order valence-electron chi connectivity index (χ3n) is 2.07. The van der Waals surface area contributed by atoms with E-state index in [1.165, 1.54) is 6.42 Å². The quantitative estimate of drug-likeness (QED) is 0.441. The summed E-state index contributed by atoms with van der Waals surface area (Å²) in [5, 5.41) is 0. The molecule has 0 N–H and O–H groups in total. The predicted octanol–water partition coefficient (Wildman–Crippen LogP) is -0.0573. The molecule has 3 unspecified atom stereocenters. The monoisotopic (exact) mass is 110 g/mol. The first-order valence-electron chi connectivity index (χ1n) is 3.05. The lowest BCUT2D eigenvalue weighted by atomic mass is 10.2. The first kappa shape index (κ1) is 4.50. The van der Waals surface area contributed by atoms with Crippen LogP contribution in [0.1, 0.15) is 12.8 Å². The molecule has 2 rings (SSSR count). The number of rotatable bonds is 1. The first-order valence-corrected chi connectivity index (χ1v) is 3.05. The fourth-order valence-corrected chi connectivity index (χ4v) is 1.48. The second-order valence-corrected chi connectivity index (χ2v) is 2.56. The molecule has 2 aliphatic rings. The number of hydrogen-bond donors (Lipinski definition) is 0. The van der Waals surface area contributed by atoms with Crippen molar-refractivity contribution in [2.45, 2.75) is 24.9 Å².